The van der Waals surface area contributed by atoms with Gasteiger partial charge >= 0.3 is 6.18 Å². The lowest BCUT2D eigenvalue weighted by atomic mass is 9.80. The van der Waals surface area contributed by atoms with Crippen LogP contribution in [0, 0.1) is 5.92 Å². The number of hydrogen-bond acceptors (Lipinski definition) is 2. The molecule has 112 valence electrons. The van der Waals surface area contributed by atoms with Gasteiger partial charge in [0.15, 0.2) is 0 Å². The van der Waals surface area contributed by atoms with Gasteiger partial charge in [-0.15, -0.1) is 0 Å². The molecule has 1 fully saturated rings. The van der Waals surface area contributed by atoms with Crippen molar-refractivity contribution in [2.75, 3.05) is 6.54 Å². The third-order valence-electron chi connectivity index (χ3n) is 4.11. The van der Waals surface area contributed by atoms with E-state index in [0.717, 1.165) is 12.1 Å². The molecule has 0 heterocycles. The second kappa shape index (κ2) is 6.14. The summed E-state index contributed by atoms with van der Waals surface area (Å²) >= 11 is 0. The van der Waals surface area contributed by atoms with Crippen LogP contribution >= 0.6 is 0 Å². The van der Waals surface area contributed by atoms with E-state index < -0.39 is 17.8 Å². The third kappa shape index (κ3) is 3.73. The molecule has 5 heteroatoms. The third-order valence-corrected chi connectivity index (χ3v) is 4.11. The van der Waals surface area contributed by atoms with Crippen molar-refractivity contribution in [1.29, 1.82) is 0 Å². The molecule has 2 nitrogen and oxygen atoms in total. The van der Waals surface area contributed by atoms with Crippen LogP contribution in [0.15, 0.2) is 24.3 Å². The zero-order chi connectivity index (χ0) is 14.8. The molecule has 1 aliphatic rings. The van der Waals surface area contributed by atoms with Crippen LogP contribution < -0.4 is 5.32 Å². The van der Waals surface area contributed by atoms with E-state index in [9.17, 15) is 18.3 Å². The van der Waals surface area contributed by atoms with Gasteiger partial charge in [0.25, 0.3) is 0 Å². The van der Waals surface area contributed by atoms with Crippen LogP contribution in [-0.2, 0) is 6.18 Å². The molecular weight excluding hydrogens is 267 g/mol. The van der Waals surface area contributed by atoms with Gasteiger partial charge in [0, 0.05) is 12.6 Å². The van der Waals surface area contributed by atoms with E-state index in [1.54, 1.807) is 0 Å². The van der Waals surface area contributed by atoms with Crippen molar-refractivity contribution < 1.29 is 18.3 Å². The number of halogens is 3. The summed E-state index contributed by atoms with van der Waals surface area (Å²) in [5.74, 6) is 0.662. The number of rotatable bonds is 5. The lowest BCUT2D eigenvalue weighted by molar-refractivity contribution is -0.137. The molecule has 2 N–H and O–H groups in total. The molecule has 2 atom stereocenters. The van der Waals surface area contributed by atoms with E-state index in [0.29, 0.717) is 24.1 Å². The molecule has 0 radical (unpaired) electrons. The highest BCUT2D eigenvalue weighted by molar-refractivity contribution is 5.26. The minimum Gasteiger partial charge on any atom is -0.387 e. The molecule has 1 saturated carbocycles. The average Bonchev–Trinajstić information content (AvgIpc) is 2.33. The molecule has 0 amide bonds. The second-order valence-electron chi connectivity index (χ2n) is 5.52. The summed E-state index contributed by atoms with van der Waals surface area (Å²) in [6.45, 7) is 2.45. The summed E-state index contributed by atoms with van der Waals surface area (Å²) < 4.78 is 37.3. The van der Waals surface area contributed by atoms with Gasteiger partial charge in [0.1, 0.15) is 0 Å². The zero-order valence-electron chi connectivity index (χ0n) is 11.5. The predicted molar refractivity (Wildman–Crippen MR) is 71.2 cm³/mol. The highest BCUT2D eigenvalue weighted by Crippen LogP contribution is 2.31. The van der Waals surface area contributed by atoms with Crippen molar-refractivity contribution in [3.05, 3.63) is 35.4 Å². The minimum absolute atomic E-state index is 0.341. The van der Waals surface area contributed by atoms with Crippen molar-refractivity contribution in [2.24, 2.45) is 5.92 Å². The number of hydrogen-bond donors (Lipinski definition) is 2. The standard InChI is InChI=1S/C15H20F3NO/c1-10(11-3-2-4-11)19-9-14(20)12-5-7-13(8-6-12)15(16,17)18/h5-8,10-11,14,19-20H,2-4,9H2,1H3. The Balaban J connectivity index is 1.87. The Morgan fingerprint density at radius 2 is 1.85 bits per heavy atom. The summed E-state index contributed by atoms with van der Waals surface area (Å²) in [4.78, 5) is 0. The Hall–Kier alpha value is -1.07. The van der Waals surface area contributed by atoms with E-state index in [4.69, 9.17) is 0 Å². The quantitative estimate of drug-likeness (QED) is 0.868. The molecule has 2 rings (SSSR count). The smallest absolute Gasteiger partial charge is 0.387 e. The summed E-state index contributed by atoms with van der Waals surface area (Å²) in [7, 11) is 0. The van der Waals surface area contributed by atoms with Crippen molar-refractivity contribution in [2.45, 2.75) is 44.5 Å². The minimum atomic E-state index is -4.33. The maximum absolute atomic E-state index is 12.4. The lowest BCUT2D eigenvalue weighted by Gasteiger charge is -2.32. The first-order valence-electron chi connectivity index (χ1n) is 6.96. The van der Waals surface area contributed by atoms with Gasteiger partial charge in [-0.3, -0.25) is 0 Å². The molecule has 0 aromatic heterocycles. The first-order valence-corrected chi connectivity index (χ1v) is 6.96. The van der Waals surface area contributed by atoms with Crippen molar-refractivity contribution in [3.8, 4) is 0 Å². The van der Waals surface area contributed by atoms with Crippen LogP contribution in [0.5, 0.6) is 0 Å². The average molecular weight is 287 g/mol. The summed E-state index contributed by atoms with van der Waals surface area (Å²) in [6, 6.07) is 5.03. The first kappa shape index (κ1) is 15.3. The van der Waals surface area contributed by atoms with E-state index in [2.05, 4.69) is 12.2 Å². The van der Waals surface area contributed by atoms with Crippen LogP contribution in [0.1, 0.15) is 43.4 Å². The lowest BCUT2D eigenvalue weighted by Crippen LogP contribution is -2.39. The maximum Gasteiger partial charge on any atom is 0.416 e. The Morgan fingerprint density at radius 1 is 1.25 bits per heavy atom. The normalized spacial score (nSPS) is 19.4. The molecule has 0 aliphatic heterocycles. The molecule has 0 saturated heterocycles. The van der Waals surface area contributed by atoms with Crippen molar-refractivity contribution in [1.82, 2.24) is 5.32 Å². The van der Waals surface area contributed by atoms with Crippen LogP contribution in [-0.4, -0.2) is 17.7 Å². The Labute approximate surface area is 117 Å². The van der Waals surface area contributed by atoms with Crippen LogP contribution in [0.3, 0.4) is 0 Å². The largest absolute Gasteiger partial charge is 0.416 e. The summed E-state index contributed by atoms with van der Waals surface area (Å²) in [5.41, 5.74) is -0.185. The van der Waals surface area contributed by atoms with Crippen LogP contribution in [0.25, 0.3) is 0 Å². The number of alkyl halides is 3. The van der Waals surface area contributed by atoms with E-state index in [1.807, 2.05) is 0 Å². The summed E-state index contributed by atoms with van der Waals surface area (Å²) in [5, 5.41) is 13.2. The monoisotopic (exact) mass is 287 g/mol. The molecular formula is C15H20F3NO. The molecule has 0 bridgehead atoms. The Morgan fingerprint density at radius 3 is 2.30 bits per heavy atom. The fraction of sp³-hybridized carbons (Fsp3) is 0.600. The van der Waals surface area contributed by atoms with Crippen LogP contribution in [0.4, 0.5) is 13.2 Å². The highest BCUT2D eigenvalue weighted by atomic mass is 19.4. The van der Waals surface area contributed by atoms with E-state index in [-0.39, 0.29) is 0 Å². The Bertz CT molecular complexity index is 426. The van der Waals surface area contributed by atoms with Gasteiger partial charge in [-0.1, -0.05) is 18.6 Å². The van der Waals surface area contributed by atoms with Gasteiger partial charge < -0.3 is 10.4 Å². The van der Waals surface area contributed by atoms with Gasteiger partial charge in [-0.05, 0) is 43.4 Å². The molecule has 1 aromatic rings. The predicted octanol–water partition coefficient (Wildman–Crippen LogP) is 3.52. The molecule has 1 aliphatic carbocycles. The van der Waals surface area contributed by atoms with Crippen molar-refractivity contribution in [3.63, 3.8) is 0 Å². The highest BCUT2D eigenvalue weighted by Gasteiger charge is 2.30. The van der Waals surface area contributed by atoms with Gasteiger partial charge in [0.2, 0.25) is 0 Å². The number of aliphatic hydroxyl groups is 1. The van der Waals surface area contributed by atoms with E-state index >= 15 is 0 Å². The molecule has 1 aromatic carbocycles. The van der Waals surface area contributed by atoms with Crippen LogP contribution in [0.2, 0.25) is 0 Å². The first-order chi connectivity index (χ1) is 9.38. The molecule has 2 unspecified atom stereocenters. The SMILES string of the molecule is CC(NCC(O)c1ccc(C(F)(F)F)cc1)C1CCC1. The molecule has 0 spiro atoms. The van der Waals surface area contributed by atoms with Gasteiger partial charge in [0.05, 0.1) is 11.7 Å². The number of benzene rings is 1. The number of aliphatic hydroxyl groups excluding tert-OH is 1. The topological polar surface area (TPSA) is 32.3 Å². The van der Waals surface area contributed by atoms with Gasteiger partial charge in [-0.25, -0.2) is 0 Å². The fourth-order valence-electron chi connectivity index (χ4n) is 2.42. The van der Waals surface area contributed by atoms with Crippen molar-refractivity contribution >= 4 is 0 Å². The molecule has 20 heavy (non-hydrogen) atoms. The van der Waals surface area contributed by atoms with E-state index in [1.165, 1.54) is 31.4 Å². The maximum atomic E-state index is 12.4. The summed E-state index contributed by atoms with van der Waals surface area (Å²) in [6.07, 6.45) is -1.42. The number of nitrogens with one attached hydrogen (secondary N) is 1. The van der Waals surface area contributed by atoms with Gasteiger partial charge in [-0.2, -0.15) is 13.2 Å². The second-order valence-corrected chi connectivity index (χ2v) is 5.52. The fourth-order valence-corrected chi connectivity index (χ4v) is 2.42. The zero-order valence-corrected chi connectivity index (χ0v) is 11.5. The Kier molecular flexibility index (Phi) is 4.70.